The van der Waals surface area contributed by atoms with E-state index in [-0.39, 0.29) is 0 Å². The summed E-state index contributed by atoms with van der Waals surface area (Å²) in [7, 11) is 0. The quantitative estimate of drug-likeness (QED) is 0.848. The Labute approximate surface area is 134 Å². The Balaban J connectivity index is 1.98. The summed E-state index contributed by atoms with van der Waals surface area (Å²) in [6, 6.07) is 12.5. The average molecular weight is 349 g/mol. The maximum atomic E-state index is 5.85. The van der Waals surface area contributed by atoms with Crippen molar-refractivity contribution in [2.75, 3.05) is 0 Å². The van der Waals surface area contributed by atoms with Crippen LogP contribution in [-0.2, 0) is 13.2 Å². The number of benzene rings is 1. The molecule has 1 N–H and O–H groups in total. The standard InChI is InChI=1S/C17H21BrN2O/c1-12(2)19-10-15-5-4-6-16(20-15)11-21-17-8-7-14(18)9-13(17)3/h4-9,12,19H,10-11H2,1-3H3. The molecular formula is C17H21BrN2O. The van der Waals surface area contributed by atoms with Gasteiger partial charge in [0.05, 0.1) is 11.4 Å². The van der Waals surface area contributed by atoms with Crippen molar-refractivity contribution in [2.24, 2.45) is 0 Å². The highest BCUT2D eigenvalue weighted by molar-refractivity contribution is 9.10. The lowest BCUT2D eigenvalue weighted by atomic mass is 10.2. The van der Waals surface area contributed by atoms with E-state index in [1.54, 1.807) is 0 Å². The summed E-state index contributed by atoms with van der Waals surface area (Å²) in [6.07, 6.45) is 0. The number of rotatable bonds is 6. The summed E-state index contributed by atoms with van der Waals surface area (Å²) in [5, 5.41) is 3.37. The molecule has 2 aromatic rings. The third-order valence-electron chi connectivity index (χ3n) is 3.07. The van der Waals surface area contributed by atoms with Crippen LogP contribution in [-0.4, -0.2) is 11.0 Å². The van der Waals surface area contributed by atoms with Crippen LogP contribution in [0.5, 0.6) is 5.75 Å². The Morgan fingerprint density at radius 2 is 1.95 bits per heavy atom. The summed E-state index contributed by atoms with van der Waals surface area (Å²) in [6.45, 7) is 7.56. The summed E-state index contributed by atoms with van der Waals surface area (Å²) < 4.78 is 6.92. The Morgan fingerprint density at radius 3 is 2.67 bits per heavy atom. The van der Waals surface area contributed by atoms with Crippen molar-refractivity contribution in [3.63, 3.8) is 0 Å². The van der Waals surface area contributed by atoms with Crippen LogP contribution in [0.15, 0.2) is 40.9 Å². The van der Waals surface area contributed by atoms with E-state index < -0.39 is 0 Å². The minimum atomic E-state index is 0.456. The van der Waals surface area contributed by atoms with Crippen LogP contribution in [0.3, 0.4) is 0 Å². The van der Waals surface area contributed by atoms with E-state index in [9.17, 15) is 0 Å². The molecule has 1 heterocycles. The van der Waals surface area contributed by atoms with E-state index in [0.717, 1.165) is 33.7 Å². The minimum Gasteiger partial charge on any atom is -0.487 e. The topological polar surface area (TPSA) is 34.1 Å². The van der Waals surface area contributed by atoms with Crippen LogP contribution in [0.25, 0.3) is 0 Å². The highest BCUT2D eigenvalue weighted by atomic mass is 79.9. The van der Waals surface area contributed by atoms with E-state index in [1.165, 1.54) is 0 Å². The van der Waals surface area contributed by atoms with Crippen molar-refractivity contribution in [3.05, 3.63) is 57.8 Å². The number of pyridine rings is 1. The van der Waals surface area contributed by atoms with Crippen molar-refractivity contribution < 1.29 is 4.74 Å². The second kappa shape index (κ2) is 7.57. The van der Waals surface area contributed by atoms with E-state index in [2.05, 4.69) is 40.1 Å². The molecule has 21 heavy (non-hydrogen) atoms. The van der Waals surface area contributed by atoms with Gasteiger partial charge < -0.3 is 10.1 Å². The Bertz CT molecular complexity index is 599. The molecule has 0 fully saturated rings. The zero-order chi connectivity index (χ0) is 15.2. The molecule has 0 atom stereocenters. The first kappa shape index (κ1) is 16.0. The number of hydrogen-bond acceptors (Lipinski definition) is 3. The van der Waals surface area contributed by atoms with Crippen LogP contribution in [0, 0.1) is 6.92 Å². The van der Waals surface area contributed by atoms with Crippen molar-refractivity contribution in [2.45, 2.75) is 40.0 Å². The fourth-order valence-corrected chi connectivity index (χ4v) is 2.42. The van der Waals surface area contributed by atoms with Crippen LogP contribution >= 0.6 is 15.9 Å². The van der Waals surface area contributed by atoms with E-state index in [1.807, 2.05) is 43.3 Å². The molecule has 112 valence electrons. The number of aryl methyl sites for hydroxylation is 1. The van der Waals surface area contributed by atoms with Gasteiger partial charge in [0.25, 0.3) is 0 Å². The molecule has 0 aliphatic heterocycles. The lowest BCUT2D eigenvalue weighted by molar-refractivity contribution is 0.298. The molecule has 0 unspecified atom stereocenters. The number of ether oxygens (including phenoxy) is 1. The van der Waals surface area contributed by atoms with Gasteiger partial charge in [-0.3, -0.25) is 4.98 Å². The summed E-state index contributed by atoms with van der Waals surface area (Å²) in [5.41, 5.74) is 3.10. The third kappa shape index (κ3) is 5.14. The number of nitrogens with one attached hydrogen (secondary N) is 1. The van der Waals surface area contributed by atoms with Crippen molar-refractivity contribution in [1.29, 1.82) is 0 Å². The lowest BCUT2D eigenvalue weighted by Crippen LogP contribution is -2.22. The molecule has 0 bridgehead atoms. The van der Waals surface area contributed by atoms with Crippen molar-refractivity contribution >= 4 is 15.9 Å². The first-order valence-corrected chi connectivity index (χ1v) is 7.91. The monoisotopic (exact) mass is 348 g/mol. The molecule has 4 heteroatoms. The average Bonchev–Trinajstić information content (AvgIpc) is 2.45. The van der Waals surface area contributed by atoms with Gasteiger partial charge in [-0.05, 0) is 42.8 Å². The SMILES string of the molecule is Cc1cc(Br)ccc1OCc1cccc(CNC(C)C)n1. The smallest absolute Gasteiger partial charge is 0.130 e. The zero-order valence-corrected chi connectivity index (χ0v) is 14.3. The molecule has 0 aliphatic carbocycles. The van der Waals surface area contributed by atoms with Crippen LogP contribution in [0.2, 0.25) is 0 Å². The number of halogens is 1. The highest BCUT2D eigenvalue weighted by Gasteiger charge is 2.03. The van der Waals surface area contributed by atoms with Crippen LogP contribution in [0.1, 0.15) is 30.8 Å². The summed E-state index contributed by atoms with van der Waals surface area (Å²) in [4.78, 5) is 4.61. The predicted molar refractivity (Wildman–Crippen MR) is 89.4 cm³/mol. The molecule has 0 saturated carbocycles. The largest absolute Gasteiger partial charge is 0.487 e. The Hall–Kier alpha value is -1.39. The van der Waals surface area contributed by atoms with Gasteiger partial charge in [-0.25, -0.2) is 0 Å². The minimum absolute atomic E-state index is 0.456. The molecule has 0 aliphatic rings. The lowest BCUT2D eigenvalue weighted by Gasteiger charge is -2.11. The maximum absolute atomic E-state index is 5.85. The van der Waals surface area contributed by atoms with E-state index in [4.69, 9.17) is 4.74 Å². The second-order valence-electron chi connectivity index (χ2n) is 5.35. The van der Waals surface area contributed by atoms with Crippen LogP contribution < -0.4 is 10.1 Å². The predicted octanol–water partition coefficient (Wildman–Crippen LogP) is 4.23. The number of aromatic nitrogens is 1. The Kier molecular flexibility index (Phi) is 5.76. The molecule has 0 spiro atoms. The van der Waals surface area contributed by atoms with Gasteiger partial charge in [0.2, 0.25) is 0 Å². The molecule has 1 aromatic heterocycles. The molecule has 0 saturated heterocycles. The Morgan fingerprint density at radius 1 is 1.19 bits per heavy atom. The molecule has 0 amide bonds. The van der Waals surface area contributed by atoms with Crippen LogP contribution in [0.4, 0.5) is 0 Å². The normalized spacial score (nSPS) is 10.9. The van der Waals surface area contributed by atoms with Gasteiger partial charge in [0.1, 0.15) is 12.4 Å². The zero-order valence-electron chi connectivity index (χ0n) is 12.7. The van der Waals surface area contributed by atoms with E-state index >= 15 is 0 Å². The number of hydrogen-bond donors (Lipinski definition) is 1. The van der Waals surface area contributed by atoms with Crippen molar-refractivity contribution in [3.8, 4) is 5.75 Å². The number of nitrogens with zero attached hydrogens (tertiary/aromatic N) is 1. The molecule has 2 rings (SSSR count). The van der Waals surface area contributed by atoms with Gasteiger partial charge in [0, 0.05) is 17.1 Å². The molecule has 1 aromatic carbocycles. The van der Waals surface area contributed by atoms with Crippen molar-refractivity contribution in [1.82, 2.24) is 10.3 Å². The third-order valence-corrected chi connectivity index (χ3v) is 3.56. The van der Waals surface area contributed by atoms with Gasteiger partial charge in [0.15, 0.2) is 0 Å². The fraction of sp³-hybridized carbons (Fsp3) is 0.353. The highest BCUT2D eigenvalue weighted by Crippen LogP contribution is 2.22. The van der Waals surface area contributed by atoms with Gasteiger partial charge >= 0.3 is 0 Å². The fourth-order valence-electron chi connectivity index (χ4n) is 1.94. The van der Waals surface area contributed by atoms with Gasteiger partial charge in [-0.1, -0.05) is 35.8 Å². The molecule has 0 radical (unpaired) electrons. The maximum Gasteiger partial charge on any atom is 0.130 e. The molecule has 3 nitrogen and oxygen atoms in total. The first-order chi connectivity index (χ1) is 10.0. The molecular weight excluding hydrogens is 328 g/mol. The van der Waals surface area contributed by atoms with E-state index in [0.29, 0.717) is 12.6 Å². The summed E-state index contributed by atoms with van der Waals surface area (Å²) in [5.74, 6) is 0.894. The second-order valence-corrected chi connectivity index (χ2v) is 6.27. The first-order valence-electron chi connectivity index (χ1n) is 7.12. The van der Waals surface area contributed by atoms with Gasteiger partial charge in [-0.2, -0.15) is 0 Å². The van der Waals surface area contributed by atoms with Gasteiger partial charge in [-0.15, -0.1) is 0 Å². The summed E-state index contributed by atoms with van der Waals surface area (Å²) >= 11 is 3.46.